The van der Waals surface area contributed by atoms with E-state index in [0.29, 0.717) is 26.3 Å². The Balaban J connectivity index is 1.98. The van der Waals surface area contributed by atoms with E-state index in [4.69, 9.17) is 14.6 Å². The Kier molecular flexibility index (Phi) is 7.11. The first-order valence-electron chi connectivity index (χ1n) is 6.72. The molecule has 18 heavy (non-hydrogen) atoms. The molecule has 2 unspecified atom stereocenters. The van der Waals surface area contributed by atoms with Gasteiger partial charge in [0, 0.05) is 31.7 Å². The van der Waals surface area contributed by atoms with E-state index in [9.17, 15) is 5.11 Å². The van der Waals surface area contributed by atoms with Gasteiger partial charge in [0.05, 0.1) is 25.4 Å². The van der Waals surface area contributed by atoms with Gasteiger partial charge in [-0.25, -0.2) is 0 Å². The van der Waals surface area contributed by atoms with E-state index in [2.05, 4.69) is 5.32 Å². The topological polar surface area (TPSA) is 71.0 Å². The first-order chi connectivity index (χ1) is 8.53. The highest BCUT2D eigenvalue weighted by Gasteiger charge is 2.18. The Labute approximate surface area is 109 Å². The molecule has 0 aromatic rings. The average Bonchev–Trinajstić information content (AvgIpc) is 2.82. The molecular formula is C13H27NO4. The molecule has 0 aromatic carbocycles. The van der Waals surface area contributed by atoms with Gasteiger partial charge in [-0.15, -0.1) is 0 Å². The standard InChI is InChI=1S/C13H27NO4/c1-13(2,10-15)9-14-6-11(16)7-17-8-12-4-3-5-18-12/h11-12,14-16H,3-10H2,1-2H3. The van der Waals surface area contributed by atoms with Crippen LogP contribution < -0.4 is 5.32 Å². The predicted octanol–water partition coefficient (Wildman–Crippen LogP) is 0.151. The smallest absolute Gasteiger partial charge is 0.0897 e. The highest BCUT2D eigenvalue weighted by Crippen LogP contribution is 2.12. The molecule has 1 heterocycles. The van der Waals surface area contributed by atoms with E-state index in [1.54, 1.807) is 0 Å². The van der Waals surface area contributed by atoms with Crippen molar-refractivity contribution >= 4 is 0 Å². The van der Waals surface area contributed by atoms with Crippen molar-refractivity contribution in [2.24, 2.45) is 5.41 Å². The Hall–Kier alpha value is -0.200. The number of nitrogens with one attached hydrogen (secondary N) is 1. The fourth-order valence-electron chi connectivity index (χ4n) is 1.80. The van der Waals surface area contributed by atoms with Crippen molar-refractivity contribution in [2.45, 2.75) is 38.9 Å². The molecule has 108 valence electrons. The molecule has 1 rings (SSSR count). The summed E-state index contributed by atoms with van der Waals surface area (Å²) in [5, 5.41) is 21.9. The number of aliphatic hydroxyl groups is 2. The second-order valence-corrected chi connectivity index (χ2v) is 5.78. The van der Waals surface area contributed by atoms with Gasteiger partial charge < -0.3 is 25.0 Å². The van der Waals surface area contributed by atoms with Crippen molar-refractivity contribution in [1.29, 1.82) is 0 Å². The summed E-state index contributed by atoms with van der Waals surface area (Å²) in [4.78, 5) is 0. The van der Waals surface area contributed by atoms with Gasteiger partial charge in [0.25, 0.3) is 0 Å². The van der Waals surface area contributed by atoms with Crippen molar-refractivity contribution in [3.8, 4) is 0 Å². The maximum atomic E-state index is 9.70. The third kappa shape index (κ3) is 6.66. The van der Waals surface area contributed by atoms with Crippen LogP contribution in [0, 0.1) is 5.41 Å². The van der Waals surface area contributed by atoms with Crippen molar-refractivity contribution in [2.75, 3.05) is 39.5 Å². The summed E-state index contributed by atoms with van der Waals surface area (Å²) in [6, 6.07) is 0. The lowest BCUT2D eigenvalue weighted by atomic mass is 9.95. The van der Waals surface area contributed by atoms with Crippen LogP contribution in [0.5, 0.6) is 0 Å². The highest BCUT2D eigenvalue weighted by atomic mass is 16.5. The summed E-state index contributed by atoms with van der Waals surface area (Å²) < 4.78 is 10.8. The van der Waals surface area contributed by atoms with E-state index in [1.165, 1.54) is 0 Å². The summed E-state index contributed by atoms with van der Waals surface area (Å²) in [5.74, 6) is 0. The van der Waals surface area contributed by atoms with E-state index >= 15 is 0 Å². The minimum Gasteiger partial charge on any atom is -0.396 e. The minimum atomic E-state index is -0.513. The molecule has 1 saturated heterocycles. The van der Waals surface area contributed by atoms with Gasteiger partial charge in [0.2, 0.25) is 0 Å². The molecule has 1 fully saturated rings. The van der Waals surface area contributed by atoms with Gasteiger partial charge in [-0.2, -0.15) is 0 Å². The van der Waals surface area contributed by atoms with E-state index in [1.807, 2.05) is 13.8 Å². The number of hydrogen-bond acceptors (Lipinski definition) is 5. The van der Waals surface area contributed by atoms with Crippen molar-refractivity contribution in [1.82, 2.24) is 5.32 Å². The Morgan fingerprint density at radius 2 is 2.28 bits per heavy atom. The number of ether oxygens (including phenoxy) is 2. The zero-order valence-electron chi connectivity index (χ0n) is 11.5. The highest BCUT2D eigenvalue weighted by molar-refractivity contribution is 4.71. The first-order valence-corrected chi connectivity index (χ1v) is 6.72. The Bertz CT molecular complexity index is 217. The molecule has 0 aromatic heterocycles. The molecule has 0 saturated carbocycles. The van der Waals surface area contributed by atoms with Crippen LogP contribution >= 0.6 is 0 Å². The maximum Gasteiger partial charge on any atom is 0.0897 e. The van der Waals surface area contributed by atoms with E-state index < -0.39 is 6.10 Å². The normalized spacial score (nSPS) is 22.3. The van der Waals surface area contributed by atoms with E-state index in [-0.39, 0.29) is 18.1 Å². The fraction of sp³-hybridized carbons (Fsp3) is 1.00. The number of hydrogen-bond donors (Lipinski definition) is 3. The van der Waals surface area contributed by atoms with Gasteiger partial charge in [0.1, 0.15) is 0 Å². The molecule has 0 spiro atoms. The van der Waals surface area contributed by atoms with Crippen LogP contribution in [0.1, 0.15) is 26.7 Å². The molecule has 5 nitrogen and oxygen atoms in total. The van der Waals surface area contributed by atoms with Gasteiger partial charge in [0.15, 0.2) is 0 Å². The molecule has 0 radical (unpaired) electrons. The van der Waals surface area contributed by atoms with Crippen LogP contribution in [0.25, 0.3) is 0 Å². The maximum absolute atomic E-state index is 9.70. The zero-order valence-corrected chi connectivity index (χ0v) is 11.5. The summed E-state index contributed by atoms with van der Waals surface area (Å²) in [7, 11) is 0. The van der Waals surface area contributed by atoms with Crippen LogP contribution in [0.4, 0.5) is 0 Å². The second kappa shape index (κ2) is 8.07. The molecule has 1 aliphatic rings. The zero-order chi connectivity index (χ0) is 13.4. The van der Waals surface area contributed by atoms with Crippen LogP contribution in [-0.2, 0) is 9.47 Å². The number of rotatable bonds is 9. The number of aliphatic hydroxyl groups excluding tert-OH is 2. The Morgan fingerprint density at radius 1 is 1.50 bits per heavy atom. The molecule has 0 bridgehead atoms. The first kappa shape index (κ1) is 15.9. The van der Waals surface area contributed by atoms with Crippen LogP contribution in [0.15, 0.2) is 0 Å². The third-order valence-electron chi connectivity index (χ3n) is 3.05. The lowest BCUT2D eigenvalue weighted by molar-refractivity contribution is -0.0170. The molecule has 1 aliphatic heterocycles. The minimum absolute atomic E-state index is 0.131. The van der Waals surface area contributed by atoms with Crippen LogP contribution in [-0.4, -0.2) is 61.9 Å². The summed E-state index contributed by atoms with van der Waals surface area (Å²) in [6.07, 6.45) is 1.85. The SMILES string of the molecule is CC(C)(CO)CNCC(O)COCC1CCCO1. The largest absolute Gasteiger partial charge is 0.396 e. The summed E-state index contributed by atoms with van der Waals surface area (Å²) in [6.45, 7) is 6.95. The van der Waals surface area contributed by atoms with Crippen LogP contribution in [0.2, 0.25) is 0 Å². The lowest BCUT2D eigenvalue weighted by Crippen LogP contribution is -2.38. The summed E-state index contributed by atoms with van der Waals surface area (Å²) in [5.41, 5.74) is -0.154. The molecule has 3 N–H and O–H groups in total. The lowest BCUT2D eigenvalue weighted by Gasteiger charge is -2.23. The van der Waals surface area contributed by atoms with Gasteiger partial charge in [-0.1, -0.05) is 13.8 Å². The van der Waals surface area contributed by atoms with Gasteiger partial charge in [-0.05, 0) is 12.8 Å². The molecule has 0 aliphatic carbocycles. The molecule has 2 atom stereocenters. The van der Waals surface area contributed by atoms with E-state index in [0.717, 1.165) is 19.4 Å². The molecule has 0 amide bonds. The van der Waals surface area contributed by atoms with Crippen molar-refractivity contribution < 1.29 is 19.7 Å². The second-order valence-electron chi connectivity index (χ2n) is 5.78. The Morgan fingerprint density at radius 3 is 2.89 bits per heavy atom. The van der Waals surface area contributed by atoms with Gasteiger partial charge >= 0.3 is 0 Å². The third-order valence-corrected chi connectivity index (χ3v) is 3.05. The average molecular weight is 261 g/mol. The summed E-state index contributed by atoms with van der Waals surface area (Å²) >= 11 is 0. The van der Waals surface area contributed by atoms with Crippen molar-refractivity contribution in [3.05, 3.63) is 0 Å². The molecule has 5 heteroatoms. The molecular weight excluding hydrogens is 234 g/mol. The monoisotopic (exact) mass is 261 g/mol. The predicted molar refractivity (Wildman–Crippen MR) is 69.5 cm³/mol. The fourth-order valence-corrected chi connectivity index (χ4v) is 1.80. The van der Waals surface area contributed by atoms with Crippen LogP contribution in [0.3, 0.4) is 0 Å². The van der Waals surface area contributed by atoms with Gasteiger partial charge in [-0.3, -0.25) is 0 Å². The van der Waals surface area contributed by atoms with Crippen molar-refractivity contribution in [3.63, 3.8) is 0 Å². The quantitative estimate of drug-likeness (QED) is 0.551.